The van der Waals surface area contributed by atoms with Crippen molar-refractivity contribution >= 4 is 5.97 Å². The number of pyridine rings is 1. The molecule has 0 aliphatic rings. The first-order chi connectivity index (χ1) is 15.8. The first-order valence-electron chi connectivity index (χ1n) is 10.3. The first kappa shape index (κ1) is 24.1. The Labute approximate surface area is 189 Å². The molecule has 0 aliphatic heterocycles. The summed E-state index contributed by atoms with van der Waals surface area (Å²) in [5.74, 6) is -4.58. The summed E-state index contributed by atoms with van der Waals surface area (Å²) in [6.45, 7) is 1.79. The number of halogens is 2. The van der Waals surface area contributed by atoms with Crippen molar-refractivity contribution in [3.63, 3.8) is 0 Å². The molecule has 1 atom stereocenters. The number of hydrogen-bond acceptors (Lipinski definition) is 6. The number of nitrogens with zero attached hydrogens (tertiary/aromatic N) is 1. The van der Waals surface area contributed by atoms with Gasteiger partial charge in [-0.1, -0.05) is 31.2 Å². The van der Waals surface area contributed by atoms with Crippen LogP contribution in [0.3, 0.4) is 0 Å². The average Bonchev–Trinajstić information content (AvgIpc) is 2.80. The van der Waals surface area contributed by atoms with Gasteiger partial charge in [0.15, 0.2) is 17.7 Å². The predicted octanol–water partition coefficient (Wildman–Crippen LogP) is 4.05. The van der Waals surface area contributed by atoms with Crippen LogP contribution in [0.1, 0.15) is 24.5 Å². The summed E-state index contributed by atoms with van der Waals surface area (Å²) in [4.78, 5) is 14.9. The normalized spacial score (nSPS) is 11.8. The monoisotopic (exact) mass is 458 g/mol. The largest absolute Gasteiger partial charge is 0.479 e. The number of benzene rings is 2. The van der Waals surface area contributed by atoms with Crippen molar-refractivity contribution in [3.8, 4) is 28.6 Å². The van der Waals surface area contributed by atoms with Gasteiger partial charge in [0.1, 0.15) is 5.75 Å². The molecule has 0 spiro atoms. The fraction of sp³-hybridized carbons (Fsp3) is 0.250. The molecule has 0 bridgehead atoms. The molecule has 4 N–H and O–H groups in total. The Bertz CT molecular complexity index is 1140. The standard InChI is InChI=1S/C24H24F2N2O5/c1-2-21(24(30)31)33-23-20(26)12-19(25)22(28-23)32-18-10-14(6-7-29)8-17(11-18)16-5-3-4-15(9-16)13-27/h3-5,8-12,21,29H,2,6-7,13,27H2,1H3,(H,30,31)/t21-/m1/s1. The van der Waals surface area contributed by atoms with E-state index in [0.717, 1.165) is 22.3 Å². The third kappa shape index (κ3) is 6.03. The summed E-state index contributed by atoms with van der Waals surface area (Å²) < 4.78 is 39.2. The number of carboxylic acids is 1. The zero-order valence-corrected chi connectivity index (χ0v) is 17.9. The summed E-state index contributed by atoms with van der Waals surface area (Å²) in [5, 5.41) is 18.5. The maximum Gasteiger partial charge on any atom is 0.344 e. The maximum absolute atomic E-state index is 14.4. The first-order valence-corrected chi connectivity index (χ1v) is 10.3. The minimum atomic E-state index is -1.35. The minimum absolute atomic E-state index is 0.0540. The van der Waals surface area contributed by atoms with Gasteiger partial charge in [0.05, 0.1) is 0 Å². The second-order valence-corrected chi connectivity index (χ2v) is 7.26. The Morgan fingerprint density at radius 1 is 1.06 bits per heavy atom. The number of rotatable bonds is 10. The molecule has 7 nitrogen and oxygen atoms in total. The third-order valence-electron chi connectivity index (χ3n) is 4.84. The molecule has 33 heavy (non-hydrogen) atoms. The van der Waals surface area contributed by atoms with Gasteiger partial charge >= 0.3 is 5.97 Å². The molecule has 9 heteroatoms. The quantitative estimate of drug-likeness (QED) is 0.420. The van der Waals surface area contributed by atoms with E-state index >= 15 is 0 Å². The van der Waals surface area contributed by atoms with Gasteiger partial charge in [0.2, 0.25) is 0 Å². The number of ether oxygens (including phenoxy) is 2. The van der Waals surface area contributed by atoms with Gasteiger partial charge in [-0.25, -0.2) is 13.6 Å². The van der Waals surface area contributed by atoms with E-state index in [1.165, 1.54) is 0 Å². The highest BCUT2D eigenvalue weighted by molar-refractivity contribution is 5.72. The van der Waals surface area contributed by atoms with Crippen LogP contribution in [0.15, 0.2) is 48.5 Å². The summed E-state index contributed by atoms with van der Waals surface area (Å²) in [6, 6.07) is 13.2. The van der Waals surface area contributed by atoms with Crippen LogP contribution in [0.4, 0.5) is 8.78 Å². The number of carbonyl (C=O) groups is 1. The van der Waals surface area contributed by atoms with E-state index in [1.54, 1.807) is 19.1 Å². The Morgan fingerprint density at radius 2 is 1.79 bits per heavy atom. The molecule has 0 saturated carbocycles. The van der Waals surface area contributed by atoms with Crippen molar-refractivity contribution in [2.75, 3.05) is 6.61 Å². The zero-order valence-electron chi connectivity index (χ0n) is 17.9. The molecule has 1 heterocycles. The predicted molar refractivity (Wildman–Crippen MR) is 117 cm³/mol. The van der Waals surface area contributed by atoms with Crippen molar-refractivity contribution < 1.29 is 33.3 Å². The number of carboxylic acid groups (broad SMARTS) is 1. The fourth-order valence-corrected chi connectivity index (χ4v) is 3.18. The van der Waals surface area contributed by atoms with E-state index in [2.05, 4.69) is 4.98 Å². The van der Waals surface area contributed by atoms with Crippen LogP contribution in [0, 0.1) is 11.6 Å². The number of hydrogen-bond donors (Lipinski definition) is 3. The topological polar surface area (TPSA) is 115 Å². The summed E-state index contributed by atoms with van der Waals surface area (Å²) in [6.07, 6.45) is -0.969. The summed E-state index contributed by atoms with van der Waals surface area (Å²) in [5.41, 5.74) is 8.94. The molecule has 0 saturated heterocycles. The molecule has 3 rings (SSSR count). The highest BCUT2D eigenvalue weighted by Gasteiger charge is 2.22. The SMILES string of the molecule is CC[C@@H](Oc1nc(Oc2cc(CCO)cc(-c3cccc(CN)c3)c2)c(F)cc1F)C(=O)O. The Kier molecular flexibility index (Phi) is 7.92. The zero-order chi connectivity index (χ0) is 24.0. The maximum atomic E-state index is 14.4. The fourth-order valence-electron chi connectivity index (χ4n) is 3.18. The van der Waals surface area contributed by atoms with E-state index < -0.39 is 35.5 Å². The van der Waals surface area contributed by atoms with Gasteiger partial charge in [-0.05, 0) is 53.3 Å². The molecule has 0 fully saturated rings. The van der Waals surface area contributed by atoms with E-state index in [9.17, 15) is 18.7 Å². The van der Waals surface area contributed by atoms with E-state index in [1.807, 2.05) is 30.3 Å². The summed E-state index contributed by atoms with van der Waals surface area (Å²) in [7, 11) is 0. The highest BCUT2D eigenvalue weighted by atomic mass is 19.1. The number of aliphatic hydroxyl groups excluding tert-OH is 1. The lowest BCUT2D eigenvalue weighted by Gasteiger charge is -2.15. The van der Waals surface area contributed by atoms with Crippen LogP contribution in [0.25, 0.3) is 11.1 Å². The van der Waals surface area contributed by atoms with Crippen LogP contribution < -0.4 is 15.2 Å². The second kappa shape index (κ2) is 10.8. The lowest BCUT2D eigenvalue weighted by Crippen LogP contribution is -2.26. The molecule has 1 aromatic heterocycles. The lowest BCUT2D eigenvalue weighted by atomic mass is 9.99. The smallest absolute Gasteiger partial charge is 0.344 e. The highest BCUT2D eigenvalue weighted by Crippen LogP contribution is 2.32. The van der Waals surface area contributed by atoms with Gasteiger partial charge in [0, 0.05) is 19.2 Å². The van der Waals surface area contributed by atoms with Crippen LogP contribution in [0.5, 0.6) is 17.5 Å². The molecular formula is C24H24F2N2O5. The molecule has 174 valence electrons. The summed E-state index contributed by atoms with van der Waals surface area (Å²) >= 11 is 0. The van der Waals surface area contributed by atoms with Crippen molar-refractivity contribution in [2.24, 2.45) is 5.73 Å². The van der Waals surface area contributed by atoms with Crippen molar-refractivity contribution in [3.05, 3.63) is 71.3 Å². The Balaban J connectivity index is 1.99. The van der Waals surface area contributed by atoms with E-state index in [-0.39, 0.29) is 18.8 Å². The number of aliphatic hydroxyl groups is 1. The van der Waals surface area contributed by atoms with Crippen LogP contribution in [-0.2, 0) is 17.8 Å². The third-order valence-corrected chi connectivity index (χ3v) is 4.84. The van der Waals surface area contributed by atoms with Gasteiger partial charge < -0.3 is 25.4 Å². The molecular weight excluding hydrogens is 434 g/mol. The van der Waals surface area contributed by atoms with Gasteiger partial charge in [-0.15, -0.1) is 0 Å². The lowest BCUT2D eigenvalue weighted by molar-refractivity contribution is -0.145. The van der Waals surface area contributed by atoms with Gasteiger partial charge in [0.25, 0.3) is 11.8 Å². The number of aliphatic carboxylic acids is 1. The molecule has 0 radical (unpaired) electrons. The van der Waals surface area contributed by atoms with E-state index in [0.29, 0.717) is 19.0 Å². The number of nitrogens with two attached hydrogens (primary N) is 1. The molecule has 0 aliphatic carbocycles. The van der Waals surface area contributed by atoms with E-state index in [4.69, 9.17) is 20.3 Å². The second-order valence-electron chi connectivity index (χ2n) is 7.26. The van der Waals surface area contributed by atoms with Gasteiger partial charge in [-0.2, -0.15) is 4.98 Å². The van der Waals surface area contributed by atoms with Crippen molar-refractivity contribution in [1.29, 1.82) is 0 Å². The average molecular weight is 458 g/mol. The molecule has 2 aromatic carbocycles. The Morgan fingerprint density at radius 3 is 2.45 bits per heavy atom. The van der Waals surface area contributed by atoms with Crippen LogP contribution in [0.2, 0.25) is 0 Å². The van der Waals surface area contributed by atoms with Gasteiger partial charge in [-0.3, -0.25) is 0 Å². The molecule has 0 unspecified atom stereocenters. The van der Waals surface area contributed by atoms with Crippen LogP contribution >= 0.6 is 0 Å². The Hall–Kier alpha value is -3.56. The van der Waals surface area contributed by atoms with Crippen molar-refractivity contribution in [2.45, 2.75) is 32.4 Å². The van der Waals surface area contributed by atoms with Crippen LogP contribution in [-0.4, -0.2) is 33.9 Å². The van der Waals surface area contributed by atoms with Crippen molar-refractivity contribution in [1.82, 2.24) is 4.98 Å². The molecule has 3 aromatic rings. The molecule has 0 amide bonds. The minimum Gasteiger partial charge on any atom is -0.479 e. The number of aromatic nitrogens is 1.